The van der Waals surface area contributed by atoms with Crippen molar-refractivity contribution in [2.45, 2.75) is 6.61 Å². The van der Waals surface area contributed by atoms with Gasteiger partial charge in [0.25, 0.3) is 0 Å². The lowest BCUT2D eigenvalue weighted by molar-refractivity contribution is 0.282. The van der Waals surface area contributed by atoms with Crippen molar-refractivity contribution < 1.29 is 5.11 Å². The van der Waals surface area contributed by atoms with Gasteiger partial charge in [-0.15, -0.1) is 12.4 Å². The summed E-state index contributed by atoms with van der Waals surface area (Å²) in [4.78, 5) is 0. The highest BCUT2D eigenvalue weighted by molar-refractivity contribution is 5.85. The first-order valence-corrected chi connectivity index (χ1v) is 2.99. The molecule has 0 saturated heterocycles. The van der Waals surface area contributed by atoms with Gasteiger partial charge in [-0.05, 0) is 17.7 Å². The molecule has 0 unspecified atom stereocenters. The third-order valence-electron chi connectivity index (χ3n) is 1.33. The number of hydrogen-bond donors (Lipinski definition) is 3. The molecule has 0 amide bonds. The lowest BCUT2D eigenvalue weighted by atomic mass is 10.2. The van der Waals surface area contributed by atoms with Gasteiger partial charge in [0.05, 0.1) is 18.0 Å². The molecule has 0 heterocycles. The molecule has 1 aromatic carbocycles. The normalized spacial score (nSPS) is 8.82. The highest BCUT2D eigenvalue weighted by Crippen LogP contribution is 2.15. The zero-order chi connectivity index (χ0) is 7.56. The molecular weight excluding hydrogens is 164 g/mol. The number of anilines is 2. The number of nitrogens with two attached hydrogens (primary N) is 2. The Kier molecular flexibility index (Phi) is 3.71. The van der Waals surface area contributed by atoms with E-state index < -0.39 is 0 Å². The largest absolute Gasteiger partial charge is 0.397 e. The van der Waals surface area contributed by atoms with Crippen LogP contribution in [-0.4, -0.2) is 5.11 Å². The fourth-order valence-corrected chi connectivity index (χ4v) is 0.723. The molecule has 0 aliphatic heterocycles. The smallest absolute Gasteiger partial charge is 0.0682 e. The fraction of sp³-hybridized carbons (Fsp3) is 0.143. The van der Waals surface area contributed by atoms with Gasteiger partial charge < -0.3 is 16.6 Å². The summed E-state index contributed by atoms with van der Waals surface area (Å²) in [7, 11) is 0. The van der Waals surface area contributed by atoms with Crippen molar-refractivity contribution in [1.82, 2.24) is 0 Å². The van der Waals surface area contributed by atoms with Crippen LogP contribution in [-0.2, 0) is 6.61 Å². The Hall–Kier alpha value is -0.930. The highest BCUT2D eigenvalue weighted by atomic mass is 35.5. The molecule has 0 spiro atoms. The van der Waals surface area contributed by atoms with E-state index in [0.717, 1.165) is 5.56 Å². The fourth-order valence-electron chi connectivity index (χ4n) is 0.723. The van der Waals surface area contributed by atoms with Gasteiger partial charge in [-0.2, -0.15) is 0 Å². The van der Waals surface area contributed by atoms with Crippen molar-refractivity contribution in [1.29, 1.82) is 0 Å². The molecule has 0 atom stereocenters. The third-order valence-corrected chi connectivity index (χ3v) is 1.33. The minimum atomic E-state index is 0. The first-order valence-electron chi connectivity index (χ1n) is 2.99. The molecule has 3 nitrogen and oxygen atoms in total. The minimum Gasteiger partial charge on any atom is -0.397 e. The summed E-state index contributed by atoms with van der Waals surface area (Å²) in [6.45, 7) is 0.00444. The summed E-state index contributed by atoms with van der Waals surface area (Å²) >= 11 is 0. The topological polar surface area (TPSA) is 72.3 Å². The standard InChI is InChI=1S/C7H10N2O.ClH/c8-6-2-1-5(4-10)3-7(6)9;/h1-3,10H,4,8-9H2;1H. The van der Waals surface area contributed by atoms with Crippen LogP contribution in [0.5, 0.6) is 0 Å². The molecule has 4 heteroatoms. The number of nitrogen functional groups attached to an aromatic ring is 2. The molecule has 11 heavy (non-hydrogen) atoms. The Morgan fingerprint density at radius 1 is 1.18 bits per heavy atom. The SMILES string of the molecule is Cl.Nc1ccc(CO)cc1N. The molecule has 0 saturated carbocycles. The number of halogens is 1. The quantitative estimate of drug-likeness (QED) is 0.551. The molecule has 0 radical (unpaired) electrons. The van der Waals surface area contributed by atoms with E-state index in [2.05, 4.69) is 0 Å². The Bertz CT molecular complexity index is 240. The molecule has 1 rings (SSSR count). The zero-order valence-corrected chi connectivity index (χ0v) is 6.77. The van der Waals surface area contributed by atoms with Crippen molar-refractivity contribution in [2.24, 2.45) is 0 Å². The van der Waals surface area contributed by atoms with E-state index in [1.165, 1.54) is 0 Å². The first kappa shape index (κ1) is 10.1. The van der Waals surface area contributed by atoms with E-state index in [0.29, 0.717) is 11.4 Å². The predicted octanol–water partition coefficient (Wildman–Crippen LogP) is 0.765. The number of aliphatic hydroxyl groups excluding tert-OH is 1. The van der Waals surface area contributed by atoms with Crippen molar-refractivity contribution >= 4 is 23.8 Å². The highest BCUT2D eigenvalue weighted by Gasteiger charge is 1.94. The van der Waals surface area contributed by atoms with E-state index >= 15 is 0 Å². The van der Waals surface area contributed by atoms with Crippen LogP contribution in [0, 0.1) is 0 Å². The average Bonchev–Trinajstić information content (AvgIpc) is 1.95. The number of aliphatic hydroxyl groups is 1. The van der Waals surface area contributed by atoms with Crippen molar-refractivity contribution in [3.63, 3.8) is 0 Å². The summed E-state index contributed by atoms with van der Waals surface area (Å²) in [6, 6.07) is 5.09. The van der Waals surface area contributed by atoms with Gasteiger partial charge in [0, 0.05) is 0 Å². The van der Waals surface area contributed by atoms with Gasteiger partial charge >= 0.3 is 0 Å². The van der Waals surface area contributed by atoms with Crippen LogP contribution in [0.4, 0.5) is 11.4 Å². The first-order chi connectivity index (χ1) is 4.74. The second-order valence-electron chi connectivity index (χ2n) is 2.12. The monoisotopic (exact) mass is 174 g/mol. The second-order valence-corrected chi connectivity index (χ2v) is 2.12. The van der Waals surface area contributed by atoms with Crippen molar-refractivity contribution in [3.05, 3.63) is 23.8 Å². The Morgan fingerprint density at radius 2 is 1.82 bits per heavy atom. The van der Waals surface area contributed by atoms with Gasteiger partial charge in [-0.3, -0.25) is 0 Å². The maximum atomic E-state index is 8.66. The van der Waals surface area contributed by atoms with Gasteiger partial charge in [-0.1, -0.05) is 6.07 Å². The summed E-state index contributed by atoms with van der Waals surface area (Å²) in [5.41, 5.74) is 12.8. The zero-order valence-electron chi connectivity index (χ0n) is 5.95. The lowest BCUT2D eigenvalue weighted by Gasteiger charge is -2.00. The van der Waals surface area contributed by atoms with E-state index in [-0.39, 0.29) is 19.0 Å². The number of hydrogen-bond acceptors (Lipinski definition) is 3. The van der Waals surface area contributed by atoms with E-state index in [9.17, 15) is 0 Å². The molecule has 1 aromatic rings. The summed E-state index contributed by atoms with van der Waals surface area (Å²) in [5.74, 6) is 0. The van der Waals surface area contributed by atoms with Crippen LogP contribution < -0.4 is 11.5 Å². The van der Waals surface area contributed by atoms with Gasteiger partial charge in [0.1, 0.15) is 0 Å². The lowest BCUT2D eigenvalue weighted by Crippen LogP contribution is -1.95. The molecule has 0 fully saturated rings. The van der Waals surface area contributed by atoms with Gasteiger partial charge in [0.2, 0.25) is 0 Å². The minimum absolute atomic E-state index is 0. The van der Waals surface area contributed by atoms with E-state index in [4.69, 9.17) is 16.6 Å². The van der Waals surface area contributed by atoms with Crippen LogP contribution in [0.3, 0.4) is 0 Å². The second kappa shape index (κ2) is 4.05. The van der Waals surface area contributed by atoms with Crippen LogP contribution in [0.2, 0.25) is 0 Å². The van der Waals surface area contributed by atoms with Crippen LogP contribution >= 0.6 is 12.4 Å². The molecule has 0 aromatic heterocycles. The van der Waals surface area contributed by atoms with Crippen LogP contribution in [0.15, 0.2) is 18.2 Å². The Labute approximate surface area is 71.4 Å². The predicted molar refractivity (Wildman–Crippen MR) is 48.4 cm³/mol. The number of rotatable bonds is 1. The molecule has 5 N–H and O–H groups in total. The summed E-state index contributed by atoms with van der Waals surface area (Å²) in [5, 5.41) is 8.66. The van der Waals surface area contributed by atoms with E-state index in [1.807, 2.05) is 0 Å². The van der Waals surface area contributed by atoms with Crippen molar-refractivity contribution in [2.75, 3.05) is 11.5 Å². The van der Waals surface area contributed by atoms with Crippen LogP contribution in [0.1, 0.15) is 5.56 Å². The Morgan fingerprint density at radius 3 is 2.27 bits per heavy atom. The van der Waals surface area contributed by atoms with Gasteiger partial charge in [-0.25, -0.2) is 0 Å². The van der Waals surface area contributed by atoms with Crippen LogP contribution in [0.25, 0.3) is 0 Å². The van der Waals surface area contributed by atoms with Gasteiger partial charge in [0.15, 0.2) is 0 Å². The maximum absolute atomic E-state index is 8.66. The number of benzene rings is 1. The maximum Gasteiger partial charge on any atom is 0.0682 e. The van der Waals surface area contributed by atoms with Crippen molar-refractivity contribution in [3.8, 4) is 0 Å². The molecular formula is C7H11ClN2O. The molecule has 0 aliphatic rings. The van der Waals surface area contributed by atoms with E-state index in [1.54, 1.807) is 18.2 Å². The summed E-state index contributed by atoms with van der Waals surface area (Å²) < 4.78 is 0. The Balaban J connectivity index is 0.000001000. The molecule has 62 valence electrons. The third kappa shape index (κ3) is 2.29. The average molecular weight is 175 g/mol. The molecule has 0 bridgehead atoms. The molecule has 0 aliphatic carbocycles. The summed E-state index contributed by atoms with van der Waals surface area (Å²) in [6.07, 6.45) is 0.